The van der Waals surface area contributed by atoms with Gasteiger partial charge in [0.25, 0.3) is 0 Å². The third-order valence-corrected chi connectivity index (χ3v) is 4.64. The highest BCUT2D eigenvalue weighted by atomic mass is 16.4. The zero-order valence-corrected chi connectivity index (χ0v) is 13.6. The first-order chi connectivity index (χ1) is 9.74. The Labute approximate surface area is 127 Å². The van der Waals surface area contributed by atoms with E-state index in [-0.39, 0.29) is 23.4 Å². The molecule has 0 aliphatic heterocycles. The van der Waals surface area contributed by atoms with Crippen molar-refractivity contribution in [2.75, 3.05) is 27.2 Å². The highest BCUT2D eigenvalue weighted by molar-refractivity contribution is 5.74. The van der Waals surface area contributed by atoms with Crippen molar-refractivity contribution in [1.29, 1.82) is 0 Å². The van der Waals surface area contributed by atoms with Gasteiger partial charge in [0.1, 0.15) is 0 Å². The van der Waals surface area contributed by atoms with Gasteiger partial charge in [0, 0.05) is 18.6 Å². The number of urea groups is 1. The van der Waals surface area contributed by atoms with Crippen molar-refractivity contribution >= 4 is 12.0 Å². The molecule has 0 radical (unpaired) electrons. The van der Waals surface area contributed by atoms with Crippen LogP contribution in [0.4, 0.5) is 4.79 Å². The molecule has 0 aromatic heterocycles. The molecule has 6 nitrogen and oxygen atoms in total. The number of hydrogen-bond donors (Lipinski definition) is 3. The van der Waals surface area contributed by atoms with E-state index in [1.807, 2.05) is 14.1 Å². The average Bonchev–Trinajstić information content (AvgIpc) is 2.43. The van der Waals surface area contributed by atoms with Gasteiger partial charge < -0.3 is 20.6 Å². The van der Waals surface area contributed by atoms with Gasteiger partial charge in [-0.2, -0.15) is 0 Å². The van der Waals surface area contributed by atoms with Gasteiger partial charge in [0.2, 0.25) is 0 Å². The summed E-state index contributed by atoms with van der Waals surface area (Å²) in [6, 6.07) is -0.223. The van der Waals surface area contributed by atoms with Crippen LogP contribution < -0.4 is 10.6 Å². The zero-order chi connectivity index (χ0) is 16.0. The summed E-state index contributed by atoms with van der Waals surface area (Å²) in [6.45, 7) is 5.08. The molecule has 2 atom stereocenters. The maximum Gasteiger partial charge on any atom is 0.314 e. The van der Waals surface area contributed by atoms with Crippen molar-refractivity contribution in [3.63, 3.8) is 0 Å². The molecule has 1 rings (SSSR count). The van der Waals surface area contributed by atoms with Crippen LogP contribution in [0, 0.1) is 11.8 Å². The molecule has 0 heterocycles. The molecule has 0 aromatic rings. The van der Waals surface area contributed by atoms with Crippen molar-refractivity contribution in [3.8, 4) is 0 Å². The minimum atomic E-state index is -0.740. The van der Waals surface area contributed by atoms with Crippen LogP contribution in [0.25, 0.3) is 0 Å². The molecule has 0 bridgehead atoms. The number of rotatable bonds is 6. The van der Waals surface area contributed by atoms with Crippen LogP contribution in [0.3, 0.4) is 0 Å². The summed E-state index contributed by atoms with van der Waals surface area (Å²) < 4.78 is 0. The summed E-state index contributed by atoms with van der Waals surface area (Å²) in [7, 11) is 3.94. The molecular formula is C15H29N3O3. The first-order valence-corrected chi connectivity index (χ1v) is 7.66. The van der Waals surface area contributed by atoms with Crippen LogP contribution in [-0.4, -0.2) is 54.7 Å². The number of amides is 2. The maximum atomic E-state index is 11.8. The maximum absolute atomic E-state index is 11.8. The number of carbonyl (C=O) groups excluding carboxylic acids is 1. The Morgan fingerprint density at radius 1 is 1.19 bits per heavy atom. The Morgan fingerprint density at radius 3 is 2.38 bits per heavy atom. The molecule has 21 heavy (non-hydrogen) atoms. The molecule has 1 aliphatic rings. The van der Waals surface area contributed by atoms with E-state index in [9.17, 15) is 14.7 Å². The van der Waals surface area contributed by atoms with E-state index >= 15 is 0 Å². The molecule has 0 saturated heterocycles. The van der Waals surface area contributed by atoms with E-state index in [1.54, 1.807) is 0 Å². The number of hydrogen-bond acceptors (Lipinski definition) is 3. The Balaban J connectivity index is 2.36. The Kier molecular flexibility index (Phi) is 6.45. The first kappa shape index (κ1) is 17.8. The second kappa shape index (κ2) is 7.64. The molecule has 0 aromatic carbocycles. The minimum absolute atomic E-state index is 0.0452. The third kappa shape index (κ3) is 5.53. The number of likely N-dealkylation sites (N-methyl/N-ethyl adjacent to an activating group) is 1. The topological polar surface area (TPSA) is 81.7 Å². The zero-order valence-electron chi connectivity index (χ0n) is 13.6. The van der Waals surface area contributed by atoms with Crippen molar-refractivity contribution in [2.24, 2.45) is 11.8 Å². The summed E-state index contributed by atoms with van der Waals surface area (Å²) in [5, 5.41) is 14.9. The number of carboxylic acid groups (broad SMARTS) is 1. The number of nitrogens with zero attached hydrogens (tertiary/aromatic N) is 1. The van der Waals surface area contributed by atoms with Crippen LogP contribution in [0.15, 0.2) is 0 Å². The molecule has 6 heteroatoms. The molecule has 1 aliphatic carbocycles. The molecule has 1 saturated carbocycles. The Bertz CT molecular complexity index is 369. The molecule has 1 fully saturated rings. The van der Waals surface area contributed by atoms with Crippen LogP contribution in [0.5, 0.6) is 0 Å². The van der Waals surface area contributed by atoms with Gasteiger partial charge >= 0.3 is 12.0 Å². The van der Waals surface area contributed by atoms with Crippen molar-refractivity contribution < 1.29 is 14.7 Å². The third-order valence-electron chi connectivity index (χ3n) is 4.64. The lowest BCUT2D eigenvalue weighted by atomic mass is 9.79. The number of aliphatic carboxylic acids is 1. The molecule has 0 spiro atoms. The van der Waals surface area contributed by atoms with Crippen molar-refractivity contribution in [3.05, 3.63) is 0 Å². The molecule has 2 amide bonds. The fourth-order valence-electron chi connectivity index (χ4n) is 2.52. The van der Waals surface area contributed by atoms with E-state index in [0.29, 0.717) is 13.1 Å². The van der Waals surface area contributed by atoms with Crippen molar-refractivity contribution in [2.45, 2.75) is 45.1 Å². The van der Waals surface area contributed by atoms with Gasteiger partial charge in [0.15, 0.2) is 0 Å². The quantitative estimate of drug-likeness (QED) is 0.694. The normalized spacial score (nSPS) is 22.9. The van der Waals surface area contributed by atoms with Gasteiger partial charge in [-0.15, -0.1) is 0 Å². The van der Waals surface area contributed by atoms with E-state index in [1.165, 1.54) is 0 Å². The lowest BCUT2D eigenvalue weighted by Gasteiger charge is -2.33. The Hall–Kier alpha value is -1.30. The number of carbonyl (C=O) groups is 2. The molecular weight excluding hydrogens is 270 g/mol. The highest BCUT2D eigenvalue weighted by Gasteiger charge is 2.31. The van der Waals surface area contributed by atoms with Gasteiger partial charge in [-0.3, -0.25) is 4.79 Å². The summed E-state index contributed by atoms with van der Waals surface area (Å²) in [5.74, 6) is -1.02. The van der Waals surface area contributed by atoms with Gasteiger partial charge in [0.05, 0.1) is 5.92 Å². The molecule has 2 unspecified atom stereocenters. The fourth-order valence-corrected chi connectivity index (χ4v) is 2.52. The summed E-state index contributed by atoms with van der Waals surface area (Å²) in [4.78, 5) is 25.1. The predicted octanol–water partition coefficient (Wildman–Crippen LogP) is 1.52. The number of carboxylic acids is 1. The molecule has 122 valence electrons. The standard InChI is InChI=1S/C15H29N3O3/c1-15(2,18(3)4)10-17-14(21)16-9-11-7-5-6-8-12(11)13(19)20/h11-12H,5-10H2,1-4H3,(H,19,20)(H2,16,17,21). The molecule has 3 N–H and O–H groups in total. The predicted molar refractivity (Wildman–Crippen MR) is 82.3 cm³/mol. The minimum Gasteiger partial charge on any atom is -0.481 e. The van der Waals surface area contributed by atoms with Crippen LogP contribution in [0.2, 0.25) is 0 Å². The van der Waals surface area contributed by atoms with Gasteiger partial charge in [-0.1, -0.05) is 12.8 Å². The fraction of sp³-hybridized carbons (Fsp3) is 0.867. The van der Waals surface area contributed by atoms with Crippen molar-refractivity contribution in [1.82, 2.24) is 15.5 Å². The van der Waals surface area contributed by atoms with Gasteiger partial charge in [-0.25, -0.2) is 4.79 Å². The van der Waals surface area contributed by atoms with E-state index in [2.05, 4.69) is 29.4 Å². The van der Waals surface area contributed by atoms with E-state index < -0.39 is 5.97 Å². The summed E-state index contributed by atoms with van der Waals surface area (Å²) in [5.41, 5.74) is -0.119. The smallest absolute Gasteiger partial charge is 0.314 e. The van der Waals surface area contributed by atoms with Gasteiger partial charge in [-0.05, 0) is 46.7 Å². The lowest BCUT2D eigenvalue weighted by Crippen LogP contribution is -2.51. The van der Waals surface area contributed by atoms with Crippen LogP contribution in [0.1, 0.15) is 39.5 Å². The van der Waals surface area contributed by atoms with E-state index in [4.69, 9.17) is 0 Å². The lowest BCUT2D eigenvalue weighted by molar-refractivity contribution is -0.144. The van der Waals surface area contributed by atoms with Crippen LogP contribution in [-0.2, 0) is 4.79 Å². The van der Waals surface area contributed by atoms with E-state index in [0.717, 1.165) is 25.7 Å². The summed E-state index contributed by atoms with van der Waals surface area (Å²) >= 11 is 0. The first-order valence-electron chi connectivity index (χ1n) is 7.66. The summed E-state index contributed by atoms with van der Waals surface area (Å²) in [6.07, 6.45) is 3.61. The SMILES string of the molecule is CN(C)C(C)(C)CNC(=O)NCC1CCCCC1C(=O)O. The largest absolute Gasteiger partial charge is 0.481 e. The Morgan fingerprint density at radius 2 is 1.81 bits per heavy atom. The second-order valence-electron chi connectivity index (χ2n) is 6.76. The average molecular weight is 299 g/mol. The second-order valence-corrected chi connectivity index (χ2v) is 6.76. The monoisotopic (exact) mass is 299 g/mol. The number of nitrogens with one attached hydrogen (secondary N) is 2. The van der Waals surface area contributed by atoms with Crippen LogP contribution >= 0.6 is 0 Å². The highest BCUT2D eigenvalue weighted by Crippen LogP contribution is 2.29.